The summed E-state index contributed by atoms with van der Waals surface area (Å²) in [7, 11) is 0. The van der Waals surface area contributed by atoms with Crippen LogP contribution in [0.2, 0.25) is 0 Å². The van der Waals surface area contributed by atoms with Gasteiger partial charge in [0.25, 0.3) is 0 Å². The lowest BCUT2D eigenvalue weighted by Gasteiger charge is -2.34. The largest absolute Gasteiger partial charge is 0.573 e. The first-order chi connectivity index (χ1) is 19.4. The molecule has 3 aliphatic rings. The van der Waals surface area contributed by atoms with Gasteiger partial charge in [-0.2, -0.15) is 0 Å². The molecule has 0 bridgehead atoms. The molecule has 7 heteroatoms. The number of benzene rings is 2. The first kappa shape index (κ1) is 27.6. The fraction of sp³-hybridized carbons (Fsp3) is 0.576. The number of ether oxygens (including phenoxy) is 1. The maximum absolute atomic E-state index is 12.9. The maximum Gasteiger partial charge on any atom is 0.573 e. The standard InChI is InChI=1S/C33H42F3N3O/c34-33(35,36)40-29-12-6-7-23(20-29)24-13-14-32-30(21-24)31(22-39(32)28-10-3-1-2-4-11-28)25-8-5-9-27(19-25)38-26-15-17-37-18-16-26/h6-7,12-14,20-22,25-28,37-38H,1-5,8-11,15-19H2. The Bertz CT molecular complexity index is 1270. The van der Waals surface area contributed by atoms with Crippen molar-refractivity contribution in [2.75, 3.05) is 13.1 Å². The van der Waals surface area contributed by atoms with Gasteiger partial charge in [-0.25, -0.2) is 0 Å². The molecule has 1 saturated heterocycles. The molecule has 0 spiro atoms. The molecule has 3 aromatic rings. The van der Waals surface area contributed by atoms with E-state index in [0.29, 0.717) is 24.0 Å². The van der Waals surface area contributed by atoms with Crippen molar-refractivity contribution in [3.8, 4) is 16.9 Å². The summed E-state index contributed by atoms with van der Waals surface area (Å²) in [5.74, 6) is 0.304. The van der Waals surface area contributed by atoms with Gasteiger partial charge in [0.05, 0.1) is 0 Å². The molecule has 2 unspecified atom stereocenters. The second kappa shape index (κ2) is 12.2. The van der Waals surface area contributed by atoms with E-state index in [1.165, 1.54) is 99.2 Å². The van der Waals surface area contributed by atoms with Crippen LogP contribution in [0.1, 0.15) is 94.6 Å². The molecule has 2 N–H and O–H groups in total. The van der Waals surface area contributed by atoms with Crippen molar-refractivity contribution in [1.82, 2.24) is 15.2 Å². The molecular formula is C33H42F3N3O. The summed E-state index contributed by atoms with van der Waals surface area (Å²) >= 11 is 0. The number of fused-ring (bicyclic) bond motifs is 1. The number of aromatic nitrogens is 1. The number of hydrogen-bond donors (Lipinski definition) is 2. The van der Waals surface area contributed by atoms with Crippen LogP contribution in [0.5, 0.6) is 5.75 Å². The smallest absolute Gasteiger partial charge is 0.406 e. The lowest BCUT2D eigenvalue weighted by molar-refractivity contribution is -0.274. The molecule has 2 heterocycles. The van der Waals surface area contributed by atoms with Crippen LogP contribution in [-0.2, 0) is 0 Å². The van der Waals surface area contributed by atoms with Crippen LogP contribution in [-0.4, -0.2) is 36.1 Å². The third-order valence-electron chi connectivity index (χ3n) is 9.41. The van der Waals surface area contributed by atoms with Crippen molar-refractivity contribution in [2.45, 2.75) is 107 Å². The lowest BCUT2D eigenvalue weighted by Crippen LogP contribution is -2.46. The Hall–Kier alpha value is -2.51. The fourth-order valence-electron chi connectivity index (χ4n) is 7.44. The SMILES string of the molecule is FC(F)(F)Oc1cccc(-c2ccc3c(c2)c(C2CCCC(NC4CCNCC4)C2)cn3C2CCCCCC2)c1. The summed E-state index contributed by atoms with van der Waals surface area (Å²) in [5, 5.41) is 8.73. The minimum Gasteiger partial charge on any atom is -0.406 e. The van der Waals surface area contributed by atoms with E-state index in [1.54, 1.807) is 6.07 Å². The first-order valence-electron chi connectivity index (χ1n) is 15.4. The van der Waals surface area contributed by atoms with Crippen molar-refractivity contribution in [3.63, 3.8) is 0 Å². The minimum atomic E-state index is -4.70. The highest BCUT2D eigenvalue weighted by Crippen LogP contribution is 2.42. The first-order valence-corrected chi connectivity index (χ1v) is 15.4. The van der Waals surface area contributed by atoms with Gasteiger partial charge in [-0.15, -0.1) is 13.2 Å². The zero-order chi connectivity index (χ0) is 27.5. The van der Waals surface area contributed by atoms with Crippen LogP contribution in [0.15, 0.2) is 48.7 Å². The zero-order valence-electron chi connectivity index (χ0n) is 23.3. The number of hydrogen-bond acceptors (Lipinski definition) is 3. The second-order valence-electron chi connectivity index (χ2n) is 12.2. The Labute approximate surface area is 235 Å². The normalized spacial score (nSPS) is 23.8. The predicted molar refractivity (Wildman–Crippen MR) is 155 cm³/mol. The molecule has 4 nitrogen and oxygen atoms in total. The summed E-state index contributed by atoms with van der Waals surface area (Å²) in [6.45, 7) is 2.20. The molecule has 0 amide bonds. The molecule has 2 aliphatic carbocycles. The topological polar surface area (TPSA) is 38.2 Å². The average molecular weight is 554 g/mol. The van der Waals surface area contributed by atoms with Crippen LogP contribution in [0.25, 0.3) is 22.0 Å². The van der Waals surface area contributed by atoms with Crippen molar-refractivity contribution in [1.29, 1.82) is 0 Å². The molecule has 6 rings (SSSR count). The van der Waals surface area contributed by atoms with Crippen molar-refractivity contribution in [3.05, 3.63) is 54.2 Å². The van der Waals surface area contributed by atoms with E-state index in [9.17, 15) is 13.2 Å². The molecule has 2 atom stereocenters. The summed E-state index contributed by atoms with van der Waals surface area (Å²) in [4.78, 5) is 0. The fourth-order valence-corrected chi connectivity index (χ4v) is 7.44. The van der Waals surface area contributed by atoms with Crippen molar-refractivity contribution in [2.24, 2.45) is 0 Å². The van der Waals surface area contributed by atoms with Gasteiger partial charge in [0.2, 0.25) is 0 Å². The van der Waals surface area contributed by atoms with E-state index in [1.807, 2.05) is 6.07 Å². The number of halogens is 3. The molecule has 2 saturated carbocycles. The minimum absolute atomic E-state index is 0.180. The third kappa shape index (κ3) is 6.52. The highest BCUT2D eigenvalue weighted by Gasteiger charge is 2.31. The molecule has 40 heavy (non-hydrogen) atoms. The van der Waals surface area contributed by atoms with Gasteiger partial charge in [0.15, 0.2) is 0 Å². The van der Waals surface area contributed by atoms with Gasteiger partial charge in [-0.05, 0) is 105 Å². The highest BCUT2D eigenvalue weighted by atomic mass is 19.4. The van der Waals surface area contributed by atoms with E-state index >= 15 is 0 Å². The van der Waals surface area contributed by atoms with Gasteiger partial charge in [-0.1, -0.05) is 50.3 Å². The highest BCUT2D eigenvalue weighted by molar-refractivity contribution is 5.89. The van der Waals surface area contributed by atoms with Crippen LogP contribution >= 0.6 is 0 Å². The van der Waals surface area contributed by atoms with Crippen LogP contribution in [0.3, 0.4) is 0 Å². The molecule has 216 valence electrons. The summed E-state index contributed by atoms with van der Waals surface area (Å²) < 4.78 is 45.5. The monoisotopic (exact) mass is 553 g/mol. The average Bonchev–Trinajstić information content (AvgIpc) is 3.11. The van der Waals surface area contributed by atoms with E-state index in [4.69, 9.17) is 0 Å². The Morgan fingerprint density at radius 1 is 0.800 bits per heavy atom. The van der Waals surface area contributed by atoms with Crippen molar-refractivity contribution >= 4 is 10.9 Å². The van der Waals surface area contributed by atoms with Crippen LogP contribution < -0.4 is 15.4 Å². The van der Waals surface area contributed by atoms with E-state index in [2.05, 4.69) is 44.3 Å². The van der Waals surface area contributed by atoms with E-state index < -0.39 is 6.36 Å². The van der Waals surface area contributed by atoms with Gasteiger partial charge < -0.3 is 19.9 Å². The summed E-state index contributed by atoms with van der Waals surface area (Å²) in [6.07, 6.45) is 12.5. The van der Waals surface area contributed by atoms with E-state index in [0.717, 1.165) is 30.6 Å². The predicted octanol–water partition coefficient (Wildman–Crippen LogP) is 8.47. The molecule has 0 radical (unpaired) electrons. The van der Waals surface area contributed by atoms with Crippen LogP contribution in [0.4, 0.5) is 13.2 Å². The number of rotatable bonds is 6. The number of nitrogens with zero attached hydrogens (tertiary/aromatic N) is 1. The Kier molecular flexibility index (Phi) is 8.40. The van der Waals surface area contributed by atoms with Gasteiger partial charge in [0.1, 0.15) is 5.75 Å². The number of nitrogens with one attached hydrogen (secondary N) is 2. The maximum atomic E-state index is 12.9. The number of alkyl halides is 3. The Balaban J connectivity index is 1.34. The molecule has 1 aliphatic heterocycles. The molecule has 2 aromatic carbocycles. The van der Waals surface area contributed by atoms with Gasteiger partial charge in [-0.3, -0.25) is 0 Å². The Morgan fingerprint density at radius 3 is 2.35 bits per heavy atom. The van der Waals surface area contributed by atoms with Gasteiger partial charge in [0, 0.05) is 35.2 Å². The summed E-state index contributed by atoms with van der Waals surface area (Å²) in [6, 6.07) is 14.5. The van der Waals surface area contributed by atoms with Crippen molar-refractivity contribution < 1.29 is 17.9 Å². The van der Waals surface area contributed by atoms with Gasteiger partial charge >= 0.3 is 6.36 Å². The second-order valence-corrected chi connectivity index (χ2v) is 12.2. The Morgan fingerprint density at radius 2 is 1.57 bits per heavy atom. The lowest BCUT2D eigenvalue weighted by atomic mass is 9.80. The molecule has 3 fully saturated rings. The zero-order valence-corrected chi connectivity index (χ0v) is 23.3. The van der Waals surface area contributed by atoms with E-state index in [-0.39, 0.29) is 5.75 Å². The molecule has 1 aromatic heterocycles. The third-order valence-corrected chi connectivity index (χ3v) is 9.41. The molecular weight excluding hydrogens is 511 g/mol. The summed E-state index contributed by atoms with van der Waals surface area (Å²) in [5.41, 5.74) is 4.36. The van der Waals surface area contributed by atoms with Crippen LogP contribution in [0, 0.1) is 0 Å². The number of piperidine rings is 1. The quantitative estimate of drug-likeness (QED) is 0.301.